The first-order valence-corrected chi connectivity index (χ1v) is 23.5. The van der Waals surface area contributed by atoms with Gasteiger partial charge in [-0.1, -0.05) is 170 Å². The zero-order chi connectivity index (χ0) is 44.0. The molecule has 4 heterocycles. The number of hydrogen-bond acceptors (Lipinski definition) is 3. The van der Waals surface area contributed by atoms with Crippen LogP contribution < -0.4 is 0 Å². The average molecular weight is 871 g/mol. The summed E-state index contributed by atoms with van der Waals surface area (Å²) in [6.45, 7) is 0. The highest BCUT2D eigenvalue weighted by Crippen LogP contribution is 2.43. The molecule has 14 aromatic rings. The number of fused-ring (bicyclic) bond motifs is 10. The molecule has 0 aliphatic carbocycles. The molecule has 0 amide bonds. The van der Waals surface area contributed by atoms with Crippen molar-refractivity contribution in [3.05, 3.63) is 231 Å². The Balaban J connectivity index is 0.999. The molecule has 4 aromatic heterocycles. The van der Waals surface area contributed by atoms with Gasteiger partial charge in [-0.25, -0.2) is 9.97 Å². The maximum atomic E-state index is 5.49. The van der Waals surface area contributed by atoms with E-state index >= 15 is 0 Å². The Labute approximate surface area is 389 Å². The molecule has 67 heavy (non-hydrogen) atoms. The molecule has 5 heteroatoms. The predicted molar refractivity (Wildman–Crippen MR) is 283 cm³/mol. The van der Waals surface area contributed by atoms with Crippen LogP contribution in [0.15, 0.2) is 231 Å². The van der Waals surface area contributed by atoms with Crippen LogP contribution in [0.1, 0.15) is 0 Å². The average Bonchev–Trinajstić information content (AvgIpc) is 4.06. The second kappa shape index (κ2) is 15.0. The molecule has 4 nitrogen and oxygen atoms in total. The van der Waals surface area contributed by atoms with E-state index in [-0.39, 0.29) is 0 Å². The van der Waals surface area contributed by atoms with Gasteiger partial charge < -0.3 is 4.57 Å². The van der Waals surface area contributed by atoms with Crippen LogP contribution in [0.3, 0.4) is 0 Å². The first-order valence-electron chi connectivity index (χ1n) is 22.7. The maximum Gasteiger partial charge on any atom is 0.235 e. The van der Waals surface area contributed by atoms with E-state index in [1.807, 2.05) is 11.3 Å². The van der Waals surface area contributed by atoms with Crippen LogP contribution in [0.5, 0.6) is 0 Å². The standard InChI is InChI=1S/C62H38N4S/c1-2-16-39(17-3-1)60-50-24-4-8-29-53(50)63-62(64-60)66-56-35-34-44(65-54-30-9-5-22-47(54)48-23-6-10-31-55(48)65)38-52(56)49-28-14-27-46(61(49)66)43-21-13-19-41(37-43)40-18-12-20-42(36-40)45-26-15-33-58-59(45)51-25-7-11-32-57(51)67-58/h1-38H. The Kier molecular flexibility index (Phi) is 8.42. The highest BCUT2D eigenvalue weighted by atomic mass is 32.1. The van der Waals surface area contributed by atoms with E-state index in [2.05, 4.69) is 240 Å². The lowest BCUT2D eigenvalue weighted by molar-refractivity contribution is 1.01. The minimum absolute atomic E-state index is 0.633. The third kappa shape index (κ3) is 5.92. The van der Waals surface area contributed by atoms with E-state index in [0.717, 1.165) is 66.3 Å². The second-order valence-electron chi connectivity index (χ2n) is 17.3. The van der Waals surface area contributed by atoms with Gasteiger partial charge in [0, 0.05) is 63.9 Å². The van der Waals surface area contributed by atoms with Crippen LogP contribution >= 0.6 is 11.3 Å². The topological polar surface area (TPSA) is 35.6 Å². The van der Waals surface area contributed by atoms with Gasteiger partial charge in [0.05, 0.1) is 33.3 Å². The van der Waals surface area contributed by atoms with E-state index < -0.39 is 0 Å². The van der Waals surface area contributed by atoms with Crippen molar-refractivity contribution in [3.63, 3.8) is 0 Å². The minimum atomic E-state index is 0.633. The van der Waals surface area contributed by atoms with Crippen molar-refractivity contribution in [2.24, 2.45) is 0 Å². The second-order valence-corrected chi connectivity index (χ2v) is 18.4. The van der Waals surface area contributed by atoms with Crippen LogP contribution in [0.25, 0.3) is 131 Å². The first-order chi connectivity index (χ1) is 33.2. The first kappa shape index (κ1) is 37.7. The van der Waals surface area contributed by atoms with Gasteiger partial charge in [-0.2, -0.15) is 0 Å². The Bertz CT molecular complexity index is 4230. The number of rotatable bonds is 6. The van der Waals surface area contributed by atoms with Crippen LogP contribution in [0, 0.1) is 0 Å². The lowest BCUT2D eigenvalue weighted by Crippen LogP contribution is -2.04. The van der Waals surface area contributed by atoms with E-state index in [9.17, 15) is 0 Å². The third-order valence-corrected chi connectivity index (χ3v) is 14.7. The number of para-hydroxylation sites is 4. The number of benzene rings is 10. The van der Waals surface area contributed by atoms with E-state index in [4.69, 9.17) is 9.97 Å². The highest BCUT2D eigenvalue weighted by molar-refractivity contribution is 7.25. The van der Waals surface area contributed by atoms with Crippen molar-refractivity contribution in [1.29, 1.82) is 0 Å². The van der Waals surface area contributed by atoms with Gasteiger partial charge in [0.2, 0.25) is 5.95 Å². The Morgan fingerprint density at radius 1 is 0.328 bits per heavy atom. The van der Waals surface area contributed by atoms with Gasteiger partial charge in [0.15, 0.2) is 0 Å². The largest absolute Gasteiger partial charge is 0.309 e. The van der Waals surface area contributed by atoms with Gasteiger partial charge in [-0.15, -0.1) is 11.3 Å². The van der Waals surface area contributed by atoms with Gasteiger partial charge >= 0.3 is 0 Å². The van der Waals surface area contributed by atoms with Crippen LogP contribution in [0.4, 0.5) is 0 Å². The Morgan fingerprint density at radius 2 is 0.881 bits per heavy atom. The summed E-state index contributed by atoms with van der Waals surface area (Å²) >= 11 is 1.86. The van der Waals surface area contributed by atoms with Crippen molar-refractivity contribution >= 4 is 86.0 Å². The fourth-order valence-electron chi connectivity index (χ4n) is 10.6. The Morgan fingerprint density at radius 3 is 1.66 bits per heavy atom. The summed E-state index contributed by atoms with van der Waals surface area (Å²) < 4.78 is 7.32. The zero-order valence-corrected chi connectivity index (χ0v) is 37.0. The molecule has 0 aliphatic heterocycles. The molecule has 0 atom stereocenters. The molecular formula is C62H38N4S. The van der Waals surface area contributed by atoms with Gasteiger partial charge in [-0.3, -0.25) is 4.57 Å². The maximum absolute atomic E-state index is 5.49. The fourth-order valence-corrected chi connectivity index (χ4v) is 11.7. The molecule has 0 aliphatic rings. The van der Waals surface area contributed by atoms with Crippen molar-refractivity contribution in [1.82, 2.24) is 19.1 Å². The molecular weight excluding hydrogens is 833 g/mol. The molecule has 0 radical (unpaired) electrons. The normalized spacial score (nSPS) is 11.9. The molecule has 14 rings (SSSR count). The van der Waals surface area contributed by atoms with Crippen molar-refractivity contribution in [2.75, 3.05) is 0 Å². The molecule has 312 valence electrons. The predicted octanol–water partition coefficient (Wildman–Crippen LogP) is 16.9. The number of nitrogens with zero attached hydrogens (tertiary/aromatic N) is 4. The monoisotopic (exact) mass is 870 g/mol. The summed E-state index contributed by atoms with van der Waals surface area (Å²) in [7, 11) is 0. The smallest absolute Gasteiger partial charge is 0.235 e. The third-order valence-electron chi connectivity index (χ3n) is 13.5. The minimum Gasteiger partial charge on any atom is -0.309 e. The lowest BCUT2D eigenvalue weighted by Gasteiger charge is -2.14. The SMILES string of the molecule is c1ccc(-c2nc(-n3c4ccc(-n5c6ccccc6c6ccccc65)cc4c4cccc(-c5cccc(-c6cccc(-c7cccc8sc9ccccc9c78)c6)c5)c43)nc3ccccc23)cc1. The molecule has 0 spiro atoms. The molecule has 0 unspecified atom stereocenters. The molecule has 0 saturated carbocycles. The number of thiophene rings is 1. The lowest BCUT2D eigenvalue weighted by atomic mass is 9.94. The van der Waals surface area contributed by atoms with Gasteiger partial charge in [0.25, 0.3) is 0 Å². The van der Waals surface area contributed by atoms with Crippen molar-refractivity contribution < 1.29 is 0 Å². The molecule has 0 saturated heterocycles. The summed E-state index contributed by atoms with van der Waals surface area (Å²) in [6, 6.07) is 83.3. The quantitative estimate of drug-likeness (QED) is 0.167. The number of aromatic nitrogens is 4. The zero-order valence-electron chi connectivity index (χ0n) is 36.1. The van der Waals surface area contributed by atoms with Crippen LogP contribution in [-0.4, -0.2) is 19.1 Å². The summed E-state index contributed by atoms with van der Waals surface area (Å²) in [5.41, 5.74) is 15.4. The van der Waals surface area contributed by atoms with Crippen molar-refractivity contribution in [3.8, 4) is 56.3 Å². The molecule has 0 bridgehead atoms. The van der Waals surface area contributed by atoms with Gasteiger partial charge in [-0.05, 0) is 88.5 Å². The molecule has 10 aromatic carbocycles. The number of hydrogen-bond donors (Lipinski definition) is 0. The summed E-state index contributed by atoms with van der Waals surface area (Å²) in [6.07, 6.45) is 0. The van der Waals surface area contributed by atoms with Crippen molar-refractivity contribution in [2.45, 2.75) is 0 Å². The fraction of sp³-hybridized carbons (Fsp3) is 0. The van der Waals surface area contributed by atoms with Crippen LogP contribution in [-0.2, 0) is 0 Å². The Hall–Kier alpha value is -8.64. The summed E-state index contributed by atoms with van der Waals surface area (Å²) in [5, 5.41) is 8.39. The van der Waals surface area contributed by atoms with E-state index in [1.54, 1.807) is 0 Å². The summed E-state index contributed by atoms with van der Waals surface area (Å²) in [5.74, 6) is 0.633. The van der Waals surface area contributed by atoms with Gasteiger partial charge in [0.1, 0.15) is 0 Å². The van der Waals surface area contributed by atoms with E-state index in [1.165, 1.54) is 58.7 Å². The molecule has 0 fully saturated rings. The van der Waals surface area contributed by atoms with Crippen LogP contribution in [0.2, 0.25) is 0 Å². The highest BCUT2D eigenvalue weighted by Gasteiger charge is 2.22. The van der Waals surface area contributed by atoms with E-state index in [0.29, 0.717) is 5.95 Å². The molecule has 0 N–H and O–H groups in total. The summed E-state index contributed by atoms with van der Waals surface area (Å²) in [4.78, 5) is 10.9.